The zero-order valence-electron chi connectivity index (χ0n) is 12.0. The maximum absolute atomic E-state index is 12.3. The number of carboxylic acids is 1. The van der Waals surface area contributed by atoms with E-state index in [0.29, 0.717) is 13.1 Å². The molecule has 0 bridgehead atoms. The first-order chi connectivity index (χ1) is 9.45. The van der Waals surface area contributed by atoms with Crippen LogP contribution in [0.1, 0.15) is 30.7 Å². The molecule has 1 aliphatic heterocycles. The van der Waals surface area contributed by atoms with E-state index in [-0.39, 0.29) is 24.8 Å². The van der Waals surface area contributed by atoms with Crippen LogP contribution in [0.3, 0.4) is 0 Å². The van der Waals surface area contributed by atoms with Crippen LogP contribution in [-0.2, 0) is 16.1 Å². The van der Waals surface area contributed by atoms with Crippen molar-refractivity contribution < 1.29 is 14.7 Å². The summed E-state index contributed by atoms with van der Waals surface area (Å²) in [5, 5.41) is 13.1. The molecule has 1 unspecified atom stereocenters. The van der Waals surface area contributed by atoms with E-state index < -0.39 is 5.97 Å². The summed E-state index contributed by atoms with van der Waals surface area (Å²) in [5.41, 5.74) is 1.87. The van der Waals surface area contributed by atoms with Gasteiger partial charge in [0.2, 0.25) is 5.91 Å². The third kappa shape index (κ3) is 3.59. The number of amides is 1. The Morgan fingerprint density at radius 2 is 2.20 bits per heavy atom. The molecule has 6 heteroatoms. The number of likely N-dealkylation sites (tertiary alicyclic amines) is 1. The molecule has 6 nitrogen and oxygen atoms in total. The molecule has 1 amide bonds. The van der Waals surface area contributed by atoms with Gasteiger partial charge in [-0.1, -0.05) is 0 Å². The predicted octanol–water partition coefficient (Wildman–Crippen LogP) is 1.21. The Kier molecular flexibility index (Phi) is 4.42. The number of nitrogens with zero attached hydrogens (tertiary/aromatic N) is 3. The average molecular weight is 279 g/mol. The van der Waals surface area contributed by atoms with Crippen LogP contribution >= 0.6 is 0 Å². The minimum Gasteiger partial charge on any atom is -0.481 e. The molecule has 0 aromatic carbocycles. The fourth-order valence-electron chi connectivity index (χ4n) is 2.77. The van der Waals surface area contributed by atoms with Crippen LogP contribution in [0.25, 0.3) is 0 Å². The largest absolute Gasteiger partial charge is 0.481 e. The first kappa shape index (κ1) is 14.6. The van der Waals surface area contributed by atoms with Crippen molar-refractivity contribution in [1.82, 2.24) is 14.7 Å². The fourth-order valence-corrected chi connectivity index (χ4v) is 2.77. The van der Waals surface area contributed by atoms with E-state index in [0.717, 1.165) is 24.2 Å². The number of piperidine rings is 1. The van der Waals surface area contributed by atoms with Crippen LogP contribution in [0.4, 0.5) is 0 Å². The lowest BCUT2D eigenvalue weighted by Gasteiger charge is -2.32. The molecule has 1 aromatic heterocycles. The molecule has 0 radical (unpaired) electrons. The van der Waals surface area contributed by atoms with E-state index in [9.17, 15) is 9.59 Å². The van der Waals surface area contributed by atoms with E-state index in [1.54, 1.807) is 9.58 Å². The molecule has 1 aromatic rings. The number of aliphatic carboxylic acids is 1. The zero-order chi connectivity index (χ0) is 14.7. The van der Waals surface area contributed by atoms with Gasteiger partial charge in [0, 0.05) is 25.2 Å². The van der Waals surface area contributed by atoms with Crippen LogP contribution < -0.4 is 0 Å². The maximum atomic E-state index is 12.3. The second-order valence-corrected chi connectivity index (χ2v) is 5.53. The molecular formula is C14H21N3O3. The van der Waals surface area contributed by atoms with Gasteiger partial charge in [-0.25, -0.2) is 0 Å². The van der Waals surface area contributed by atoms with Crippen molar-refractivity contribution >= 4 is 11.9 Å². The predicted molar refractivity (Wildman–Crippen MR) is 73.3 cm³/mol. The number of carbonyl (C=O) groups is 2. The molecule has 1 saturated heterocycles. The van der Waals surface area contributed by atoms with Crippen molar-refractivity contribution in [3.63, 3.8) is 0 Å². The minimum absolute atomic E-state index is 0.0197. The number of carbonyl (C=O) groups excluding carboxylic acids is 1. The van der Waals surface area contributed by atoms with Crippen molar-refractivity contribution in [2.45, 2.75) is 39.7 Å². The molecule has 0 aliphatic carbocycles. The average Bonchev–Trinajstić information content (AvgIpc) is 2.67. The summed E-state index contributed by atoms with van der Waals surface area (Å²) >= 11 is 0. The van der Waals surface area contributed by atoms with Crippen molar-refractivity contribution in [1.29, 1.82) is 0 Å². The van der Waals surface area contributed by atoms with Gasteiger partial charge >= 0.3 is 5.97 Å². The highest BCUT2D eigenvalue weighted by atomic mass is 16.4. The Balaban J connectivity index is 1.95. The Bertz CT molecular complexity index is 510. The molecule has 1 N–H and O–H groups in total. The summed E-state index contributed by atoms with van der Waals surface area (Å²) in [6.45, 7) is 5.33. The molecule has 1 atom stereocenters. The Hall–Kier alpha value is -1.85. The molecule has 2 rings (SSSR count). The number of carboxylic acid groups (broad SMARTS) is 1. The highest BCUT2D eigenvalue weighted by Crippen LogP contribution is 2.20. The maximum Gasteiger partial charge on any atom is 0.303 e. The quantitative estimate of drug-likeness (QED) is 0.899. The number of rotatable bonds is 4. The summed E-state index contributed by atoms with van der Waals surface area (Å²) in [6.07, 6.45) is 1.90. The number of hydrogen-bond acceptors (Lipinski definition) is 3. The van der Waals surface area contributed by atoms with E-state index in [1.807, 2.05) is 19.9 Å². The lowest BCUT2D eigenvalue weighted by molar-refractivity contribution is -0.141. The van der Waals surface area contributed by atoms with Gasteiger partial charge in [0.1, 0.15) is 6.54 Å². The highest BCUT2D eigenvalue weighted by Gasteiger charge is 2.25. The van der Waals surface area contributed by atoms with Gasteiger partial charge in [-0.3, -0.25) is 14.3 Å². The smallest absolute Gasteiger partial charge is 0.303 e. The van der Waals surface area contributed by atoms with Gasteiger partial charge in [-0.2, -0.15) is 5.10 Å². The molecule has 1 fully saturated rings. The normalized spacial score (nSPS) is 19.1. The van der Waals surface area contributed by atoms with Crippen molar-refractivity contribution in [3.8, 4) is 0 Å². The number of aromatic nitrogens is 2. The molecule has 110 valence electrons. The second kappa shape index (κ2) is 6.07. The van der Waals surface area contributed by atoms with Gasteiger partial charge in [-0.05, 0) is 38.7 Å². The SMILES string of the molecule is Cc1cc(C)n(CC(=O)N2CCCC(CC(=O)O)C2)n1. The summed E-state index contributed by atoms with van der Waals surface area (Å²) < 4.78 is 1.71. The van der Waals surface area contributed by atoms with Crippen LogP contribution in [0.2, 0.25) is 0 Å². The monoisotopic (exact) mass is 279 g/mol. The molecule has 1 aliphatic rings. The minimum atomic E-state index is -0.789. The van der Waals surface area contributed by atoms with Crippen molar-refractivity contribution in [3.05, 3.63) is 17.5 Å². The van der Waals surface area contributed by atoms with Crippen molar-refractivity contribution in [2.75, 3.05) is 13.1 Å². The molecule has 2 heterocycles. The third-order valence-corrected chi connectivity index (χ3v) is 3.72. The second-order valence-electron chi connectivity index (χ2n) is 5.53. The number of hydrogen-bond donors (Lipinski definition) is 1. The Morgan fingerprint density at radius 1 is 1.45 bits per heavy atom. The van der Waals surface area contributed by atoms with E-state index >= 15 is 0 Å². The summed E-state index contributed by atoms with van der Waals surface area (Å²) in [5.74, 6) is -0.695. The summed E-state index contributed by atoms with van der Waals surface area (Å²) in [7, 11) is 0. The van der Waals surface area contributed by atoms with Gasteiger partial charge < -0.3 is 10.0 Å². The van der Waals surface area contributed by atoms with Crippen molar-refractivity contribution in [2.24, 2.45) is 5.92 Å². The Morgan fingerprint density at radius 3 is 2.80 bits per heavy atom. The number of aryl methyl sites for hydroxylation is 2. The molecule has 0 saturated carbocycles. The topological polar surface area (TPSA) is 75.4 Å². The fraction of sp³-hybridized carbons (Fsp3) is 0.643. The van der Waals surface area contributed by atoms with Crippen LogP contribution in [-0.4, -0.2) is 44.8 Å². The third-order valence-electron chi connectivity index (χ3n) is 3.72. The zero-order valence-corrected chi connectivity index (χ0v) is 12.0. The van der Waals surface area contributed by atoms with E-state index in [4.69, 9.17) is 5.11 Å². The first-order valence-corrected chi connectivity index (χ1v) is 6.96. The van der Waals surface area contributed by atoms with Crippen LogP contribution in [0.5, 0.6) is 0 Å². The first-order valence-electron chi connectivity index (χ1n) is 6.96. The van der Waals surface area contributed by atoms with Crippen LogP contribution in [0, 0.1) is 19.8 Å². The lowest BCUT2D eigenvalue weighted by Crippen LogP contribution is -2.42. The standard InChI is InChI=1S/C14H21N3O3/c1-10-6-11(2)17(15-10)9-13(18)16-5-3-4-12(8-16)7-14(19)20/h6,12H,3-5,7-9H2,1-2H3,(H,19,20). The van der Waals surface area contributed by atoms with Gasteiger partial charge in [0.05, 0.1) is 5.69 Å². The van der Waals surface area contributed by atoms with Gasteiger partial charge in [-0.15, -0.1) is 0 Å². The van der Waals surface area contributed by atoms with E-state index in [1.165, 1.54) is 0 Å². The molecular weight excluding hydrogens is 258 g/mol. The lowest BCUT2D eigenvalue weighted by atomic mass is 9.95. The van der Waals surface area contributed by atoms with E-state index in [2.05, 4.69) is 5.10 Å². The van der Waals surface area contributed by atoms with Crippen LogP contribution in [0.15, 0.2) is 6.07 Å². The molecule has 0 spiro atoms. The highest BCUT2D eigenvalue weighted by molar-refractivity contribution is 5.76. The summed E-state index contributed by atoms with van der Waals surface area (Å²) in [6, 6.07) is 1.94. The van der Waals surface area contributed by atoms with Gasteiger partial charge in [0.25, 0.3) is 0 Å². The van der Waals surface area contributed by atoms with Gasteiger partial charge in [0.15, 0.2) is 0 Å². The Labute approximate surface area is 118 Å². The molecule has 20 heavy (non-hydrogen) atoms. The summed E-state index contributed by atoms with van der Waals surface area (Å²) in [4.78, 5) is 24.8.